The van der Waals surface area contributed by atoms with Crippen LogP contribution in [0, 0.1) is 12.8 Å². The van der Waals surface area contributed by atoms with E-state index in [1.54, 1.807) is 0 Å². The molecule has 3 heteroatoms. The minimum Gasteiger partial charge on any atom is -0.370 e. The Hall–Kier alpha value is -0.380. The third-order valence-corrected chi connectivity index (χ3v) is 6.50. The third-order valence-electron chi connectivity index (χ3n) is 5.40. The summed E-state index contributed by atoms with van der Waals surface area (Å²) in [7, 11) is 0. The van der Waals surface area contributed by atoms with Crippen LogP contribution < -0.4 is 0 Å². The summed E-state index contributed by atoms with van der Waals surface area (Å²) < 4.78 is 12.8. The van der Waals surface area contributed by atoms with Crippen molar-refractivity contribution in [3.8, 4) is 0 Å². The van der Waals surface area contributed by atoms with E-state index < -0.39 is 0 Å². The summed E-state index contributed by atoms with van der Waals surface area (Å²) in [6.07, 6.45) is 2.21. The normalized spacial score (nSPS) is 38.4. The number of fused-ring (bicyclic) bond motifs is 2. The van der Waals surface area contributed by atoms with Gasteiger partial charge in [-0.1, -0.05) is 54.0 Å². The lowest BCUT2D eigenvalue weighted by molar-refractivity contribution is -0.0955. The molecule has 116 valence electrons. The van der Waals surface area contributed by atoms with Gasteiger partial charge in [0.1, 0.15) is 0 Å². The van der Waals surface area contributed by atoms with E-state index in [-0.39, 0.29) is 17.3 Å². The minimum absolute atomic E-state index is 0.0643. The van der Waals surface area contributed by atoms with Gasteiger partial charge < -0.3 is 9.47 Å². The summed E-state index contributed by atoms with van der Waals surface area (Å²) in [5.74, 6) is 0.496. The van der Waals surface area contributed by atoms with Crippen molar-refractivity contribution in [1.29, 1.82) is 0 Å². The Kier molecular flexibility index (Phi) is 3.96. The number of aryl methyl sites for hydroxylation is 1. The van der Waals surface area contributed by atoms with E-state index in [0.717, 1.165) is 12.8 Å². The lowest BCUT2D eigenvalue weighted by atomic mass is 9.75. The third kappa shape index (κ3) is 2.47. The average molecular weight is 353 g/mol. The number of halogens is 1. The quantitative estimate of drug-likeness (QED) is 0.736. The lowest BCUT2D eigenvalue weighted by Crippen LogP contribution is -2.44. The summed E-state index contributed by atoms with van der Waals surface area (Å²) in [5.41, 5.74) is 2.35. The van der Waals surface area contributed by atoms with Gasteiger partial charge in [-0.05, 0) is 37.3 Å². The fraction of sp³-hybridized carbons (Fsp3) is 0.667. The second kappa shape index (κ2) is 5.36. The first-order chi connectivity index (χ1) is 9.87. The van der Waals surface area contributed by atoms with Gasteiger partial charge in [-0.2, -0.15) is 0 Å². The Bertz CT molecular complexity index is 530. The molecule has 2 nitrogen and oxygen atoms in total. The van der Waals surface area contributed by atoms with Crippen molar-refractivity contribution in [2.75, 3.05) is 0 Å². The van der Waals surface area contributed by atoms with Crippen LogP contribution >= 0.6 is 15.9 Å². The van der Waals surface area contributed by atoms with Gasteiger partial charge in [-0.3, -0.25) is 0 Å². The first-order valence-electron chi connectivity index (χ1n) is 7.88. The van der Waals surface area contributed by atoms with Gasteiger partial charge in [-0.25, -0.2) is 0 Å². The molecule has 0 N–H and O–H groups in total. The van der Waals surface area contributed by atoms with E-state index in [4.69, 9.17) is 9.47 Å². The zero-order valence-corrected chi connectivity index (χ0v) is 14.9. The molecule has 1 aromatic carbocycles. The van der Waals surface area contributed by atoms with Crippen LogP contribution in [0.3, 0.4) is 0 Å². The molecule has 2 fully saturated rings. The van der Waals surface area contributed by atoms with E-state index in [1.165, 1.54) is 11.1 Å². The predicted molar refractivity (Wildman–Crippen MR) is 88.8 cm³/mol. The van der Waals surface area contributed by atoms with Crippen LogP contribution in [-0.4, -0.2) is 22.1 Å². The minimum atomic E-state index is -0.152. The molecule has 2 saturated heterocycles. The van der Waals surface area contributed by atoms with E-state index in [0.29, 0.717) is 17.4 Å². The molecular formula is C18H25BrO2. The van der Waals surface area contributed by atoms with Crippen molar-refractivity contribution < 1.29 is 9.47 Å². The van der Waals surface area contributed by atoms with Crippen LogP contribution in [0.5, 0.6) is 0 Å². The number of benzene rings is 1. The fourth-order valence-electron chi connectivity index (χ4n) is 3.85. The van der Waals surface area contributed by atoms with Gasteiger partial charge >= 0.3 is 0 Å². The maximum Gasteiger partial charge on any atom is 0.0936 e. The molecule has 2 aliphatic heterocycles. The number of rotatable bonds is 4. The molecule has 0 aromatic heterocycles. The highest BCUT2D eigenvalue weighted by Gasteiger charge is 2.65. The topological polar surface area (TPSA) is 18.5 Å². The molecule has 2 bridgehead atoms. The molecule has 0 saturated carbocycles. The summed E-state index contributed by atoms with van der Waals surface area (Å²) in [5, 5.41) is 0. The monoisotopic (exact) mass is 352 g/mol. The Morgan fingerprint density at radius 3 is 2.67 bits per heavy atom. The highest BCUT2D eigenvalue weighted by atomic mass is 79.9. The maximum atomic E-state index is 6.48. The van der Waals surface area contributed by atoms with Crippen molar-refractivity contribution in [2.24, 2.45) is 5.92 Å². The van der Waals surface area contributed by atoms with Gasteiger partial charge in [-0.15, -0.1) is 0 Å². The van der Waals surface area contributed by atoms with E-state index in [2.05, 4.69) is 67.9 Å². The van der Waals surface area contributed by atoms with E-state index in [1.807, 2.05) is 0 Å². The standard InChI is InChI=1S/C18H25BrO2/c1-12(2)18-10-16(17(4,21-18)9-15(18)19)20-11-14-8-6-5-7-13(14)3/h5-8,12,15-16H,9-11H2,1-4H3/t15-,16+,17-,18+/m0/s1. The molecule has 0 radical (unpaired) electrons. The Labute approximate surface area is 136 Å². The van der Waals surface area contributed by atoms with Gasteiger partial charge in [0.15, 0.2) is 0 Å². The van der Waals surface area contributed by atoms with Crippen molar-refractivity contribution in [3.05, 3.63) is 35.4 Å². The highest BCUT2D eigenvalue weighted by molar-refractivity contribution is 9.09. The molecule has 21 heavy (non-hydrogen) atoms. The van der Waals surface area contributed by atoms with Crippen LogP contribution in [0.2, 0.25) is 0 Å². The summed E-state index contributed by atoms with van der Waals surface area (Å²) >= 11 is 3.84. The van der Waals surface area contributed by atoms with Crippen molar-refractivity contribution in [2.45, 2.75) is 69.3 Å². The smallest absolute Gasteiger partial charge is 0.0936 e. The summed E-state index contributed by atoms with van der Waals surface area (Å²) in [6, 6.07) is 8.44. The van der Waals surface area contributed by atoms with Gasteiger partial charge in [0.2, 0.25) is 0 Å². The molecule has 2 heterocycles. The Morgan fingerprint density at radius 1 is 1.33 bits per heavy atom. The molecule has 1 aromatic rings. The SMILES string of the molecule is Cc1ccccc1CO[C@@H]1C[C@]2(C(C)C)O[C@@]1(C)C[C@@H]2Br. The molecule has 0 unspecified atom stereocenters. The van der Waals surface area contributed by atoms with Crippen molar-refractivity contribution in [3.63, 3.8) is 0 Å². The van der Waals surface area contributed by atoms with Crippen LogP contribution in [0.4, 0.5) is 0 Å². The second-order valence-corrected chi connectivity index (χ2v) is 8.23. The number of hydrogen-bond acceptors (Lipinski definition) is 2. The largest absolute Gasteiger partial charge is 0.370 e. The second-order valence-electron chi connectivity index (χ2n) is 7.13. The molecular weight excluding hydrogens is 328 g/mol. The average Bonchev–Trinajstić information content (AvgIpc) is 2.86. The first kappa shape index (κ1) is 15.5. The van der Waals surface area contributed by atoms with Gasteiger partial charge in [0.25, 0.3) is 0 Å². The number of alkyl halides is 1. The molecule has 0 spiro atoms. The number of ether oxygens (including phenoxy) is 2. The molecule has 2 aliphatic rings. The zero-order chi connectivity index (χ0) is 15.3. The first-order valence-corrected chi connectivity index (χ1v) is 8.79. The van der Waals surface area contributed by atoms with Crippen molar-refractivity contribution in [1.82, 2.24) is 0 Å². The van der Waals surface area contributed by atoms with E-state index >= 15 is 0 Å². The summed E-state index contributed by atoms with van der Waals surface area (Å²) in [4.78, 5) is 0.438. The van der Waals surface area contributed by atoms with Crippen LogP contribution in [0.15, 0.2) is 24.3 Å². The molecule has 0 aliphatic carbocycles. The molecule has 3 rings (SSSR count). The van der Waals surface area contributed by atoms with Crippen LogP contribution in [0.1, 0.15) is 44.7 Å². The molecule has 0 amide bonds. The maximum absolute atomic E-state index is 6.48. The lowest BCUT2D eigenvalue weighted by Gasteiger charge is -2.35. The highest BCUT2D eigenvalue weighted by Crippen LogP contribution is 2.57. The Balaban J connectivity index is 1.73. The Morgan fingerprint density at radius 2 is 2.05 bits per heavy atom. The van der Waals surface area contributed by atoms with Gasteiger partial charge in [0.05, 0.1) is 23.9 Å². The van der Waals surface area contributed by atoms with Crippen LogP contribution in [-0.2, 0) is 16.1 Å². The van der Waals surface area contributed by atoms with Crippen molar-refractivity contribution >= 4 is 15.9 Å². The van der Waals surface area contributed by atoms with Crippen LogP contribution in [0.25, 0.3) is 0 Å². The number of hydrogen-bond donors (Lipinski definition) is 0. The van der Waals surface area contributed by atoms with E-state index in [9.17, 15) is 0 Å². The van der Waals surface area contributed by atoms with Gasteiger partial charge in [0, 0.05) is 11.2 Å². The summed E-state index contributed by atoms with van der Waals surface area (Å²) in [6.45, 7) is 9.54. The fourth-order valence-corrected chi connectivity index (χ4v) is 5.31. The predicted octanol–water partition coefficient (Wildman–Crippen LogP) is 4.62. The zero-order valence-electron chi connectivity index (χ0n) is 13.4. The molecule has 4 atom stereocenters.